The maximum absolute atomic E-state index is 13.4. The number of nitrogens with zero attached hydrogens (tertiary/aromatic N) is 2. The summed E-state index contributed by atoms with van der Waals surface area (Å²) in [4.78, 5) is 28.2. The minimum atomic E-state index is -0.429. The highest BCUT2D eigenvalue weighted by Crippen LogP contribution is 2.40. The zero-order valence-electron chi connectivity index (χ0n) is 24.3. The number of hydrogen-bond donors (Lipinski definition) is 2. The monoisotopic (exact) mass is 540 g/mol. The SMILES string of the molecule is C=C/C=C(\C=C/C)N(C)C1=C(C(=NC)Nc2ccc(C)cc2)C(c2ccccc2)C(C(=O)OCC)=C(C)N1.C=O. The molecule has 1 aliphatic rings. The van der Waals surface area contributed by atoms with Crippen LogP contribution in [0.1, 0.15) is 37.8 Å². The van der Waals surface area contributed by atoms with Crippen LogP contribution in [0.15, 0.2) is 119 Å². The second-order valence-corrected chi connectivity index (χ2v) is 8.94. The minimum Gasteiger partial charge on any atom is -0.463 e. The van der Waals surface area contributed by atoms with Crippen LogP contribution >= 0.6 is 0 Å². The topological polar surface area (TPSA) is 83.0 Å². The molecule has 0 radical (unpaired) electrons. The molecule has 0 fully saturated rings. The van der Waals surface area contributed by atoms with Crippen molar-refractivity contribution < 1.29 is 14.3 Å². The van der Waals surface area contributed by atoms with Crippen LogP contribution in [0.4, 0.5) is 5.69 Å². The molecular formula is C33H40N4O3. The van der Waals surface area contributed by atoms with Gasteiger partial charge in [-0.1, -0.05) is 66.8 Å². The summed E-state index contributed by atoms with van der Waals surface area (Å²) in [6, 6.07) is 18.1. The molecule has 7 nitrogen and oxygen atoms in total. The number of rotatable bonds is 9. The van der Waals surface area contributed by atoms with Crippen molar-refractivity contribution in [2.75, 3.05) is 26.0 Å². The highest BCUT2D eigenvalue weighted by molar-refractivity contribution is 6.11. The van der Waals surface area contributed by atoms with Crippen molar-refractivity contribution in [3.63, 3.8) is 0 Å². The molecule has 210 valence electrons. The highest BCUT2D eigenvalue weighted by Gasteiger charge is 2.38. The number of ether oxygens (including phenoxy) is 1. The quantitative estimate of drug-likeness (QED) is 0.169. The molecule has 1 heterocycles. The van der Waals surface area contributed by atoms with Crippen molar-refractivity contribution in [1.82, 2.24) is 10.2 Å². The Labute approximate surface area is 238 Å². The molecule has 0 aliphatic carbocycles. The fourth-order valence-corrected chi connectivity index (χ4v) is 4.50. The van der Waals surface area contributed by atoms with Crippen molar-refractivity contribution >= 4 is 24.3 Å². The van der Waals surface area contributed by atoms with Crippen LogP contribution in [0.2, 0.25) is 0 Å². The van der Waals surface area contributed by atoms with Gasteiger partial charge >= 0.3 is 5.97 Å². The predicted molar refractivity (Wildman–Crippen MR) is 165 cm³/mol. The third-order valence-corrected chi connectivity index (χ3v) is 6.31. The Kier molecular flexibility index (Phi) is 12.4. The first kappa shape index (κ1) is 31.6. The zero-order chi connectivity index (χ0) is 29.7. The van der Waals surface area contributed by atoms with Gasteiger partial charge in [-0.25, -0.2) is 4.79 Å². The second kappa shape index (κ2) is 15.7. The molecule has 1 unspecified atom stereocenters. The van der Waals surface area contributed by atoms with E-state index < -0.39 is 5.92 Å². The van der Waals surface area contributed by atoms with Gasteiger partial charge in [0.15, 0.2) is 0 Å². The van der Waals surface area contributed by atoms with Gasteiger partial charge in [0.05, 0.1) is 18.1 Å². The Morgan fingerprint density at radius 2 is 1.75 bits per heavy atom. The number of anilines is 1. The molecule has 0 aromatic heterocycles. The molecule has 0 amide bonds. The van der Waals surface area contributed by atoms with Gasteiger partial charge in [-0.15, -0.1) is 0 Å². The van der Waals surface area contributed by atoms with Crippen LogP contribution < -0.4 is 10.6 Å². The summed E-state index contributed by atoms with van der Waals surface area (Å²) in [6.45, 7) is 13.9. The number of amidine groups is 1. The lowest BCUT2D eigenvalue weighted by Crippen LogP contribution is -2.40. The summed E-state index contributed by atoms with van der Waals surface area (Å²) >= 11 is 0. The molecule has 0 saturated heterocycles. The van der Waals surface area contributed by atoms with Crippen LogP contribution in [-0.2, 0) is 14.3 Å². The molecule has 2 aromatic rings. The first-order chi connectivity index (χ1) is 19.4. The van der Waals surface area contributed by atoms with E-state index in [1.54, 1.807) is 13.1 Å². The van der Waals surface area contributed by atoms with Gasteiger partial charge < -0.3 is 25.1 Å². The molecule has 7 heteroatoms. The maximum Gasteiger partial charge on any atom is 0.336 e. The first-order valence-electron chi connectivity index (χ1n) is 13.1. The summed E-state index contributed by atoms with van der Waals surface area (Å²) in [5.74, 6) is 0.661. The van der Waals surface area contributed by atoms with Gasteiger partial charge in [0.25, 0.3) is 0 Å². The molecular weight excluding hydrogens is 500 g/mol. The Balaban J connectivity index is 0.00000274. The van der Waals surface area contributed by atoms with Crippen LogP contribution in [-0.4, -0.2) is 44.2 Å². The van der Waals surface area contributed by atoms with E-state index in [1.807, 2.05) is 95.3 Å². The van der Waals surface area contributed by atoms with Crippen molar-refractivity contribution in [2.24, 2.45) is 4.99 Å². The third-order valence-electron chi connectivity index (χ3n) is 6.31. The number of likely N-dealkylation sites (N-methyl/N-ethyl adjacent to an activating group) is 1. The Morgan fingerprint density at radius 1 is 1.10 bits per heavy atom. The first-order valence-corrected chi connectivity index (χ1v) is 13.1. The number of allylic oxidation sites excluding steroid dienone is 5. The van der Waals surface area contributed by atoms with E-state index in [1.165, 1.54) is 5.56 Å². The van der Waals surface area contributed by atoms with Crippen molar-refractivity contribution in [3.05, 3.63) is 125 Å². The lowest BCUT2D eigenvalue weighted by Gasteiger charge is -2.37. The van der Waals surface area contributed by atoms with E-state index in [-0.39, 0.29) is 12.6 Å². The zero-order valence-corrected chi connectivity index (χ0v) is 24.3. The van der Waals surface area contributed by atoms with E-state index in [0.29, 0.717) is 11.4 Å². The normalized spacial score (nSPS) is 15.7. The fourth-order valence-electron chi connectivity index (χ4n) is 4.50. The van der Waals surface area contributed by atoms with E-state index >= 15 is 0 Å². The minimum absolute atomic E-state index is 0.285. The van der Waals surface area contributed by atoms with Gasteiger partial charge in [-0.05, 0) is 57.5 Å². The molecule has 40 heavy (non-hydrogen) atoms. The number of dihydropyridines is 1. The average Bonchev–Trinajstić information content (AvgIpc) is 2.97. The van der Waals surface area contributed by atoms with Gasteiger partial charge in [0, 0.05) is 36.7 Å². The summed E-state index contributed by atoms with van der Waals surface area (Å²) in [5.41, 5.74) is 6.06. The van der Waals surface area contributed by atoms with E-state index in [0.717, 1.165) is 34.0 Å². The van der Waals surface area contributed by atoms with Crippen molar-refractivity contribution in [3.8, 4) is 0 Å². The van der Waals surface area contributed by atoms with Crippen molar-refractivity contribution in [1.29, 1.82) is 0 Å². The fraction of sp³-hybridized carbons (Fsp3) is 0.242. The average molecular weight is 541 g/mol. The van der Waals surface area contributed by atoms with E-state index in [9.17, 15) is 4.79 Å². The van der Waals surface area contributed by atoms with Crippen LogP contribution in [0.3, 0.4) is 0 Å². The molecule has 3 rings (SSSR count). The molecule has 0 saturated carbocycles. The predicted octanol–water partition coefficient (Wildman–Crippen LogP) is 6.26. The van der Waals surface area contributed by atoms with E-state index in [4.69, 9.17) is 14.5 Å². The Morgan fingerprint density at radius 3 is 2.30 bits per heavy atom. The number of esters is 1. The number of aliphatic imine (C=N–C) groups is 1. The van der Waals surface area contributed by atoms with Gasteiger partial charge in [0.2, 0.25) is 0 Å². The Bertz CT molecular complexity index is 1320. The summed E-state index contributed by atoms with van der Waals surface area (Å²) < 4.78 is 5.55. The van der Waals surface area contributed by atoms with Gasteiger partial charge in [0.1, 0.15) is 18.4 Å². The lowest BCUT2D eigenvalue weighted by atomic mass is 9.80. The molecule has 1 aliphatic heterocycles. The number of carbonyl (C=O) groups is 2. The summed E-state index contributed by atoms with van der Waals surface area (Å²) in [5, 5.41) is 7.03. The second-order valence-electron chi connectivity index (χ2n) is 8.94. The van der Waals surface area contributed by atoms with Gasteiger partial charge in [-0.3, -0.25) is 4.99 Å². The van der Waals surface area contributed by atoms with Crippen LogP contribution in [0, 0.1) is 6.92 Å². The van der Waals surface area contributed by atoms with Crippen LogP contribution in [0.25, 0.3) is 0 Å². The smallest absolute Gasteiger partial charge is 0.336 e. The molecule has 1 atom stereocenters. The number of benzene rings is 2. The van der Waals surface area contributed by atoms with Gasteiger partial charge in [-0.2, -0.15) is 0 Å². The molecule has 0 bridgehead atoms. The summed E-state index contributed by atoms with van der Waals surface area (Å²) in [6.07, 6.45) is 7.70. The number of nitrogens with one attached hydrogen (secondary N) is 2. The standard InChI is InChI=1S/C32H38N4O2.CH2O/c1-8-14-26(15-9-2)36(7)31-29(30(33-6)35-25-20-18-22(4)19-21-25)28(24-16-12-11-13-17-24)27(23(5)34-31)32(37)38-10-3;1-2/h8-9,11-21,28,34H,1,10H2,2-7H3,(H,33,35);1H2/b15-9-,26-14+;. The van der Waals surface area contributed by atoms with Crippen molar-refractivity contribution in [2.45, 2.75) is 33.6 Å². The van der Waals surface area contributed by atoms with E-state index in [2.05, 4.69) is 41.2 Å². The molecule has 2 N–H and O–H groups in total. The number of hydrogen-bond acceptors (Lipinski definition) is 6. The third kappa shape index (κ3) is 7.47. The largest absolute Gasteiger partial charge is 0.463 e. The maximum atomic E-state index is 13.4. The molecule has 2 aromatic carbocycles. The summed E-state index contributed by atoms with van der Waals surface area (Å²) in [7, 11) is 3.74. The Hall–Kier alpha value is -4.65. The molecule has 0 spiro atoms. The van der Waals surface area contributed by atoms with Crippen LogP contribution in [0.5, 0.6) is 0 Å². The number of carbonyl (C=O) groups excluding carboxylic acids is 2. The number of aryl methyl sites for hydroxylation is 1. The highest BCUT2D eigenvalue weighted by atomic mass is 16.5. The lowest BCUT2D eigenvalue weighted by molar-refractivity contribution is -0.138.